The molecule has 1 unspecified atom stereocenters. The Morgan fingerprint density at radius 2 is 2.08 bits per heavy atom. The van der Waals surface area contributed by atoms with E-state index in [1.807, 2.05) is 6.07 Å². The van der Waals surface area contributed by atoms with E-state index in [1.165, 1.54) is 6.08 Å². The predicted octanol–water partition coefficient (Wildman–Crippen LogP) is 2.12. The molecule has 0 bridgehead atoms. The maximum Gasteiger partial charge on any atom is 0.295 e. The topological polar surface area (TPSA) is 52.4 Å². The molecule has 0 aliphatic rings. The van der Waals surface area contributed by atoms with Gasteiger partial charge in [-0.2, -0.15) is 0 Å². The fraction of sp³-hybridized carbons (Fsp3) is 0.111. The first kappa shape index (κ1) is 9.25. The maximum atomic E-state index is 10.1. The van der Waals surface area contributed by atoms with E-state index < -0.39 is 11.2 Å². The molecule has 0 saturated heterocycles. The summed E-state index contributed by atoms with van der Waals surface area (Å²) in [5.41, 5.74) is 0.717. The van der Waals surface area contributed by atoms with Gasteiger partial charge in [-0.3, -0.25) is 0 Å². The molecule has 1 atom stereocenters. The molecule has 0 amide bonds. The zero-order valence-electron chi connectivity index (χ0n) is 6.92. The molecular weight excluding hydrogens is 170 g/mol. The van der Waals surface area contributed by atoms with Gasteiger partial charge in [-0.25, -0.2) is 0 Å². The van der Waals surface area contributed by atoms with Crippen LogP contribution in [0, 0.1) is 10.1 Å². The summed E-state index contributed by atoms with van der Waals surface area (Å²) in [6, 6.07) is 8.89. The van der Waals surface area contributed by atoms with E-state index in [2.05, 4.69) is 11.4 Å². The Kier molecular flexibility index (Phi) is 3.03. The molecule has 0 radical (unpaired) electrons. The second kappa shape index (κ2) is 4.25. The fourth-order valence-corrected chi connectivity index (χ4v) is 0.975. The summed E-state index contributed by atoms with van der Waals surface area (Å²) >= 11 is 0. The minimum atomic E-state index is -0.820. The Labute approximate surface area is 75.6 Å². The molecule has 1 rings (SSSR count). The van der Waals surface area contributed by atoms with Crippen molar-refractivity contribution in [2.75, 3.05) is 0 Å². The van der Waals surface area contributed by atoms with Crippen LogP contribution in [-0.4, -0.2) is 5.09 Å². The third-order valence-corrected chi connectivity index (χ3v) is 1.54. The largest absolute Gasteiger partial charge is 0.302 e. The standard InChI is InChI=1S/C9H9NO3/c1-2-9(13-10(11)12)8-6-4-3-5-7-8/h2-7,9H,1H2. The van der Waals surface area contributed by atoms with Gasteiger partial charge in [0.05, 0.1) is 0 Å². The van der Waals surface area contributed by atoms with Crippen LogP contribution in [0.15, 0.2) is 43.0 Å². The molecule has 68 valence electrons. The van der Waals surface area contributed by atoms with Gasteiger partial charge in [0, 0.05) is 0 Å². The van der Waals surface area contributed by atoms with E-state index in [0.717, 1.165) is 0 Å². The average Bonchev–Trinajstić information content (AvgIpc) is 2.15. The van der Waals surface area contributed by atoms with Gasteiger partial charge in [0.25, 0.3) is 5.09 Å². The summed E-state index contributed by atoms with van der Waals surface area (Å²) in [7, 11) is 0. The van der Waals surface area contributed by atoms with Crippen molar-refractivity contribution in [3.8, 4) is 0 Å². The van der Waals surface area contributed by atoms with Crippen molar-refractivity contribution in [2.45, 2.75) is 6.10 Å². The highest BCUT2D eigenvalue weighted by atomic mass is 17.0. The second-order valence-electron chi connectivity index (χ2n) is 2.40. The Morgan fingerprint density at radius 1 is 1.46 bits per heavy atom. The molecule has 0 spiro atoms. The van der Waals surface area contributed by atoms with Gasteiger partial charge in [0.2, 0.25) is 0 Å². The molecule has 0 aliphatic carbocycles. The van der Waals surface area contributed by atoms with Crippen LogP contribution in [-0.2, 0) is 4.84 Å². The van der Waals surface area contributed by atoms with Gasteiger partial charge in [-0.15, -0.1) is 16.7 Å². The van der Waals surface area contributed by atoms with E-state index >= 15 is 0 Å². The van der Waals surface area contributed by atoms with Crippen LogP contribution in [0.4, 0.5) is 0 Å². The first-order valence-corrected chi connectivity index (χ1v) is 3.72. The number of hydrogen-bond acceptors (Lipinski definition) is 3. The lowest BCUT2D eigenvalue weighted by molar-refractivity contribution is -0.767. The minimum absolute atomic E-state index is 0.684. The van der Waals surface area contributed by atoms with Gasteiger partial charge in [0.15, 0.2) is 6.10 Å². The van der Waals surface area contributed by atoms with E-state index in [4.69, 9.17) is 0 Å². The third-order valence-electron chi connectivity index (χ3n) is 1.54. The lowest BCUT2D eigenvalue weighted by Gasteiger charge is -2.09. The Bertz CT molecular complexity index is 297. The maximum absolute atomic E-state index is 10.1. The number of benzene rings is 1. The lowest BCUT2D eigenvalue weighted by atomic mass is 10.1. The minimum Gasteiger partial charge on any atom is -0.302 e. The van der Waals surface area contributed by atoms with Crippen LogP contribution in [0.25, 0.3) is 0 Å². The van der Waals surface area contributed by atoms with Gasteiger partial charge >= 0.3 is 0 Å². The molecule has 4 heteroatoms. The van der Waals surface area contributed by atoms with Crippen molar-refractivity contribution in [1.82, 2.24) is 0 Å². The Balaban J connectivity index is 2.78. The summed E-state index contributed by atoms with van der Waals surface area (Å²) in [6.07, 6.45) is 0.703. The normalized spacial score (nSPS) is 11.7. The van der Waals surface area contributed by atoms with Gasteiger partial charge < -0.3 is 4.84 Å². The van der Waals surface area contributed by atoms with Crippen molar-refractivity contribution >= 4 is 0 Å². The number of hydrogen-bond donors (Lipinski definition) is 0. The van der Waals surface area contributed by atoms with E-state index in [0.29, 0.717) is 5.56 Å². The average molecular weight is 179 g/mol. The van der Waals surface area contributed by atoms with Crippen molar-refractivity contribution in [2.24, 2.45) is 0 Å². The predicted molar refractivity (Wildman–Crippen MR) is 47.5 cm³/mol. The smallest absolute Gasteiger partial charge is 0.295 e. The van der Waals surface area contributed by atoms with Crippen LogP contribution >= 0.6 is 0 Å². The van der Waals surface area contributed by atoms with Crippen LogP contribution in [0.1, 0.15) is 11.7 Å². The highest BCUT2D eigenvalue weighted by Crippen LogP contribution is 2.17. The van der Waals surface area contributed by atoms with E-state index in [9.17, 15) is 10.1 Å². The number of nitrogens with zero attached hydrogens (tertiary/aromatic N) is 1. The quantitative estimate of drug-likeness (QED) is 0.404. The Morgan fingerprint density at radius 3 is 2.54 bits per heavy atom. The first-order valence-electron chi connectivity index (χ1n) is 3.72. The highest BCUT2D eigenvalue weighted by molar-refractivity contribution is 5.20. The molecule has 0 heterocycles. The summed E-state index contributed by atoms with van der Waals surface area (Å²) < 4.78 is 0. The third kappa shape index (κ3) is 2.59. The fourth-order valence-electron chi connectivity index (χ4n) is 0.975. The molecule has 0 aliphatic heterocycles. The molecule has 0 N–H and O–H groups in total. The summed E-state index contributed by atoms with van der Waals surface area (Å²) in [4.78, 5) is 14.5. The molecule has 13 heavy (non-hydrogen) atoms. The number of rotatable bonds is 4. The van der Waals surface area contributed by atoms with Crippen LogP contribution in [0.5, 0.6) is 0 Å². The zero-order valence-corrected chi connectivity index (χ0v) is 6.92. The molecule has 0 saturated carbocycles. The van der Waals surface area contributed by atoms with Crippen LogP contribution in [0.3, 0.4) is 0 Å². The van der Waals surface area contributed by atoms with Crippen LogP contribution < -0.4 is 0 Å². The molecular formula is C9H9NO3. The van der Waals surface area contributed by atoms with Gasteiger partial charge in [-0.05, 0) is 5.56 Å². The SMILES string of the molecule is C=CC(O[N+](=O)[O-])c1ccccc1. The van der Waals surface area contributed by atoms with Crippen molar-refractivity contribution < 1.29 is 9.92 Å². The molecule has 1 aromatic carbocycles. The van der Waals surface area contributed by atoms with E-state index in [1.54, 1.807) is 24.3 Å². The Hall–Kier alpha value is -1.84. The molecule has 0 fully saturated rings. The zero-order chi connectivity index (χ0) is 9.68. The highest BCUT2D eigenvalue weighted by Gasteiger charge is 2.10. The lowest BCUT2D eigenvalue weighted by Crippen LogP contribution is -2.06. The molecule has 0 aromatic heterocycles. The monoisotopic (exact) mass is 179 g/mol. The molecule has 1 aromatic rings. The second-order valence-corrected chi connectivity index (χ2v) is 2.40. The summed E-state index contributed by atoms with van der Waals surface area (Å²) in [5.74, 6) is 0. The van der Waals surface area contributed by atoms with Crippen molar-refractivity contribution in [3.05, 3.63) is 58.7 Å². The van der Waals surface area contributed by atoms with Crippen molar-refractivity contribution in [3.63, 3.8) is 0 Å². The van der Waals surface area contributed by atoms with Crippen LogP contribution in [0.2, 0.25) is 0 Å². The van der Waals surface area contributed by atoms with Crippen molar-refractivity contribution in [1.29, 1.82) is 0 Å². The van der Waals surface area contributed by atoms with Gasteiger partial charge in [0.1, 0.15) is 0 Å². The summed E-state index contributed by atoms with van der Waals surface area (Å²) in [6.45, 7) is 3.46. The first-order chi connectivity index (χ1) is 6.24. The van der Waals surface area contributed by atoms with E-state index in [-0.39, 0.29) is 0 Å². The van der Waals surface area contributed by atoms with Gasteiger partial charge in [-0.1, -0.05) is 36.4 Å². The summed E-state index contributed by atoms with van der Waals surface area (Å²) in [5, 5.41) is 9.26. The molecule has 4 nitrogen and oxygen atoms in total.